The van der Waals surface area contributed by atoms with Crippen molar-refractivity contribution < 1.29 is 28.5 Å². The van der Waals surface area contributed by atoms with E-state index in [1.165, 1.54) is 0 Å². The predicted molar refractivity (Wildman–Crippen MR) is 108 cm³/mol. The minimum atomic E-state index is -0.318. The van der Waals surface area contributed by atoms with Gasteiger partial charge >= 0.3 is 0 Å². The van der Waals surface area contributed by atoms with Crippen LogP contribution in [0.4, 0.5) is 0 Å². The number of nitrogens with zero attached hydrogens (tertiary/aromatic N) is 2. The van der Waals surface area contributed by atoms with Gasteiger partial charge in [-0.2, -0.15) is 0 Å². The van der Waals surface area contributed by atoms with Crippen molar-refractivity contribution in [3.63, 3.8) is 0 Å². The average molecular weight is 408 g/mol. The lowest BCUT2D eigenvalue weighted by atomic mass is 10.1. The zero-order chi connectivity index (χ0) is 21.2. The van der Waals surface area contributed by atoms with Crippen molar-refractivity contribution in [3.05, 3.63) is 23.8 Å². The number of benzene rings is 1. The molecular formula is C21H32N2O6. The van der Waals surface area contributed by atoms with Gasteiger partial charge in [0, 0.05) is 46.8 Å². The van der Waals surface area contributed by atoms with Gasteiger partial charge in [0.05, 0.1) is 33.4 Å². The van der Waals surface area contributed by atoms with Gasteiger partial charge in [-0.15, -0.1) is 0 Å². The van der Waals surface area contributed by atoms with Crippen LogP contribution < -0.4 is 9.47 Å². The first-order valence-corrected chi connectivity index (χ1v) is 9.79. The van der Waals surface area contributed by atoms with Crippen LogP contribution in [0, 0.1) is 5.92 Å². The Bertz CT molecular complexity index is 673. The van der Waals surface area contributed by atoms with Crippen molar-refractivity contribution in [1.29, 1.82) is 0 Å². The Balaban J connectivity index is 1.94. The summed E-state index contributed by atoms with van der Waals surface area (Å²) in [5, 5.41) is 0. The smallest absolute Gasteiger partial charge is 0.228 e. The summed E-state index contributed by atoms with van der Waals surface area (Å²) >= 11 is 0. The Hall–Kier alpha value is -2.32. The molecule has 0 aromatic heterocycles. The van der Waals surface area contributed by atoms with Crippen LogP contribution >= 0.6 is 0 Å². The molecule has 8 nitrogen and oxygen atoms in total. The Labute approximate surface area is 172 Å². The molecule has 1 fully saturated rings. The summed E-state index contributed by atoms with van der Waals surface area (Å²) in [5.74, 6) is 1.02. The Kier molecular flexibility index (Phi) is 9.21. The number of hydrogen-bond donors (Lipinski definition) is 0. The fraction of sp³-hybridized carbons (Fsp3) is 0.619. The van der Waals surface area contributed by atoms with Crippen molar-refractivity contribution in [3.8, 4) is 11.5 Å². The first kappa shape index (κ1) is 23.0. The molecule has 8 heteroatoms. The molecule has 0 spiro atoms. The molecule has 2 rings (SSSR count). The van der Waals surface area contributed by atoms with Crippen molar-refractivity contribution in [2.24, 2.45) is 5.92 Å². The van der Waals surface area contributed by atoms with Crippen molar-refractivity contribution in [2.45, 2.75) is 12.8 Å². The second-order valence-electron chi connectivity index (χ2n) is 6.99. The van der Waals surface area contributed by atoms with Gasteiger partial charge in [-0.3, -0.25) is 9.59 Å². The topological polar surface area (TPSA) is 77.5 Å². The number of ether oxygens (including phenoxy) is 4. The van der Waals surface area contributed by atoms with Crippen molar-refractivity contribution >= 4 is 11.8 Å². The third-order valence-electron chi connectivity index (χ3n) is 5.12. The van der Waals surface area contributed by atoms with E-state index < -0.39 is 0 Å². The maximum absolute atomic E-state index is 12.9. The standard InChI is InChI=1S/C21H32N2O6/c1-26-11-9-22(10-12-27-2)21(25)17-14-20(24)23(15-17)8-7-16-5-6-18(28-3)19(13-16)29-4/h5-6,13,17H,7-12,14-15H2,1-4H3. The van der Waals surface area contributed by atoms with Crippen molar-refractivity contribution in [2.75, 3.05) is 67.8 Å². The molecule has 1 heterocycles. The maximum atomic E-state index is 12.9. The fourth-order valence-corrected chi connectivity index (χ4v) is 3.45. The maximum Gasteiger partial charge on any atom is 0.228 e. The van der Waals surface area contributed by atoms with Crippen LogP contribution in [0.1, 0.15) is 12.0 Å². The van der Waals surface area contributed by atoms with Crippen LogP contribution in [0.15, 0.2) is 18.2 Å². The molecule has 29 heavy (non-hydrogen) atoms. The Morgan fingerprint density at radius 2 is 1.72 bits per heavy atom. The third kappa shape index (κ3) is 6.33. The summed E-state index contributed by atoms with van der Waals surface area (Å²) in [6.07, 6.45) is 0.936. The van der Waals surface area contributed by atoms with Gasteiger partial charge in [-0.25, -0.2) is 0 Å². The van der Waals surface area contributed by atoms with Crippen LogP contribution in [0.5, 0.6) is 11.5 Å². The monoisotopic (exact) mass is 408 g/mol. The van der Waals surface area contributed by atoms with Crippen LogP contribution in [-0.4, -0.2) is 89.4 Å². The van der Waals surface area contributed by atoms with Crippen LogP contribution in [0.25, 0.3) is 0 Å². The van der Waals surface area contributed by atoms with E-state index in [0.717, 1.165) is 5.56 Å². The SMILES string of the molecule is COCCN(CCOC)C(=O)C1CC(=O)N(CCc2ccc(OC)c(OC)c2)C1. The fourth-order valence-electron chi connectivity index (χ4n) is 3.45. The van der Waals surface area contributed by atoms with E-state index in [-0.39, 0.29) is 24.2 Å². The van der Waals surface area contributed by atoms with Crippen LogP contribution in [-0.2, 0) is 25.5 Å². The Morgan fingerprint density at radius 1 is 1.07 bits per heavy atom. The quantitative estimate of drug-likeness (QED) is 0.518. The van der Waals surface area contributed by atoms with Crippen LogP contribution in [0.2, 0.25) is 0 Å². The van der Waals surface area contributed by atoms with Gasteiger partial charge in [0.15, 0.2) is 11.5 Å². The number of rotatable bonds is 12. The van der Waals surface area contributed by atoms with E-state index in [9.17, 15) is 9.59 Å². The third-order valence-corrected chi connectivity index (χ3v) is 5.12. The molecule has 1 saturated heterocycles. The molecule has 0 bridgehead atoms. The molecule has 0 aliphatic carbocycles. The van der Waals surface area contributed by atoms with E-state index in [1.54, 1.807) is 38.2 Å². The van der Waals surface area contributed by atoms with E-state index in [2.05, 4.69) is 0 Å². The summed E-state index contributed by atoms with van der Waals surface area (Å²) in [5.41, 5.74) is 1.05. The highest BCUT2D eigenvalue weighted by atomic mass is 16.5. The number of methoxy groups -OCH3 is 4. The summed E-state index contributed by atoms with van der Waals surface area (Å²) in [7, 11) is 6.41. The highest BCUT2D eigenvalue weighted by Crippen LogP contribution is 2.28. The first-order valence-electron chi connectivity index (χ1n) is 9.79. The molecule has 1 aromatic rings. The molecule has 1 aliphatic rings. The van der Waals surface area contributed by atoms with Crippen molar-refractivity contribution in [1.82, 2.24) is 9.80 Å². The lowest BCUT2D eigenvalue weighted by molar-refractivity contribution is -0.137. The molecule has 2 amide bonds. The van der Waals surface area contributed by atoms with E-state index in [1.807, 2.05) is 18.2 Å². The predicted octanol–water partition coefficient (Wildman–Crippen LogP) is 1.22. The summed E-state index contributed by atoms with van der Waals surface area (Å²) in [4.78, 5) is 28.8. The number of likely N-dealkylation sites (tertiary alicyclic amines) is 1. The molecule has 0 radical (unpaired) electrons. The van der Waals surface area contributed by atoms with E-state index in [4.69, 9.17) is 18.9 Å². The molecule has 1 unspecified atom stereocenters. The minimum Gasteiger partial charge on any atom is -0.493 e. The molecule has 162 valence electrons. The molecule has 1 aromatic carbocycles. The molecule has 1 aliphatic heterocycles. The zero-order valence-corrected chi connectivity index (χ0v) is 17.8. The van der Waals surface area contributed by atoms with E-state index >= 15 is 0 Å². The summed E-state index contributed by atoms with van der Waals surface area (Å²) < 4.78 is 20.8. The summed E-state index contributed by atoms with van der Waals surface area (Å²) in [6.45, 7) is 2.91. The highest BCUT2D eigenvalue weighted by molar-refractivity contribution is 5.89. The second kappa shape index (κ2) is 11.6. The van der Waals surface area contributed by atoms with Gasteiger partial charge in [-0.05, 0) is 24.1 Å². The number of carbonyl (C=O) groups is 2. The molecule has 0 saturated carbocycles. The average Bonchev–Trinajstić information content (AvgIpc) is 3.12. The normalized spacial score (nSPS) is 16.2. The minimum absolute atomic E-state index is 0.0129. The largest absolute Gasteiger partial charge is 0.493 e. The summed E-state index contributed by atoms with van der Waals surface area (Å²) in [6, 6.07) is 5.73. The highest BCUT2D eigenvalue weighted by Gasteiger charge is 2.36. The van der Waals surface area contributed by atoms with E-state index in [0.29, 0.717) is 57.3 Å². The number of hydrogen-bond acceptors (Lipinski definition) is 6. The van der Waals surface area contributed by atoms with Gasteiger partial charge < -0.3 is 28.7 Å². The van der Waals surface area contributed by atoms with Gasteiger partial charge in [0.2, 0.25) is 11.8 Å². The molecular weight excluding hydrogens is 376 g/mol. The Morgan fingerprint density at radius 3 is 2.31 bits per heavy atom. The first-order chi connectivity index (χ1) is 14.0. The number of carbonyl (C=O) groups excluding carboxylic acids is 2. The van der Waals surface area contributed by atoms with Crippen LogP contribution in [0.3, 0.4) is 0 Å². The lowest BCUT2D eigenvalue weighted by Crippen LogP contribution is -2.41. The molecule has 0 N–H and O–H groups in total. The molecule has 1 atom stereocenters. The van der Waals surface area contributed by atoms with Gasteiger partial charge in [0.1, 0.15) is 0 Å². The van der Waals surface area contributed by atoms with Gasteiger partial charge in [-0.1, -0.05) is 6.07 Å². The second-order valence-corrected chi connectivity index (χ2v) is 6.99. The zero-order valence-electron chi connectivity index (χ0n) is 17.8. The number of amides is 2. The lowest BCUT2D eigenvalue weighted by Gasteiger charge is -2.25. The van der Waals surface area contributed by atoms with Gasteiger partial charge in [0.25, 0.3) is 0 Å².